The van der Waals surface area contributed by atoms with Gasteiger partial charge in [-0.2, -0.15) is 0 Å². The molecule has 1 rings (SSSR count). The van der Waals surface area contributed by atoms with E-state index in [1.165, 1.54) is 18.2 Å². The molecular weight excluding hydrogens is 216 g/mol. The Kier molecular flexibility index (Phi) is 5.66. The van der Waals surface area contributed by atoms with Crippen LogP contribution in [0, 0.1) is 6.92 Å². The second kappa shape index (κ2) is 7.04. The summed E-state index contributed by atoms with van der Waals surface area (Å²) in [4.78, 5) is 11.5. The van der Waals surface area contributed by atoms with E-state index in [0.717, 1.165) is 6.42 Å². The minimum absolute atomic E-state index is 0.166. The fourth-order valence-corrected chi connectivity index (χ4v) is 1.60. The molecule has 3 N–H and O–H groups in total. The summed E-state index contributed by atoms with van der Waals surface area (Å²) in [6.45, 7) is 2.91. The molecule has 0 aromatic heterocycles. The number of benzene rings is 1. The van der Waals surface area contributed by atoms with E-state index in [4.69, 9.17) is 10.5 Å². The second-order valence-electron chi connectivity index (χ2n) is 4.03. The van der Waals surface area contributed by atoms with Gasteiger partial charge in [-0.25, -0.2) is 0 Å². The molecule has 1 atom stereocenters. The average molecular weight is 236 g/mol. The summed E-state index contributed by atoms with van der Waals surface area (Å²) >= 11 is 0. The molecule has 0 heterocycles. The summed E-state index contributed by atoms with van der Waals surface area (Å²) in [5.74, 6) is -0.166. The van der Waals surface area contributed by atoms with Gasteiger partial charge in [0, 0.05) is 13.7 Å². The van der Waals surface area contributed by atoms with Crippen LogP contribution >= 0.6 is 0 Å². The molecule has 0 radical (unpaired) electrons. The molecule has 0 bridgehead atoms. The number of rotatable bonds is 6. The molecule has 17 heavy (non-hydrogen) atoms. The second-order valence-corrected chi connectivity index (χ2v) is 4.03. The normalized spacial score (nSPS) is 12.2. The fourth-order valence-electron chi connectivity index (χ4n) is 1.60. The smallest absolute Gasteiger partial charge is 0.239 e. The minimum atomic E-state index is -0.586. The lowest BCUT2D eigenvalue weighted by Crippen LogP contribution is -2.44. The van der Waals surface area contributed by atoms with E-state index in [1.807, 2.05) is 12.1 Å². The number of nitrogens with two attached hydrogens (primary N) is 1. The maximum absolute atomic E-state index is 11.5. The van der Waals surface area contributed by atoms with Crippen molar-refractivity contribution in [1.82, 2.24) is 5.32 Å². The van der Waals surface area contributed by atoms with E-state index in [-0.39, 0.29) is 12.5 Å². The minimum Gasteiger partial charge on any atom is -0.383 e. The van der Waals surface area contributed by atoms with Crippen molar-refractivity contribution < 1.29 is 9.53 Å². The summed E-state index contributed by atoms with van der Waals surface area (Å²) < 4.78 is 4.82. The van der Waals surface area contributed by atoms with Crippen molar-refractivity contribution in [3.63, 3.8) is 0 Å². The van der Waals surface area contributed by atoms with Crippen LogP contribution in [0.1, 0.15) is 11.1 Å². The summed E-state index contributed by atoms with van der Waals surface area (Å²) in [6.07, 6.45) is 0.818. The van der Waals surface area contributed by atoms with Crippen molar-refractivity contribution in [2.75, 3.05) is 20.3 Å². The van der Waals surface area contributed by atoms with Crippen molar-refractivity contribution in [2.24, 2.45) is 5.73 Å². The number of hydrogen-bond donors (Lipinski definition) is 2. The maximum Gasteiger partial charge on any atom is 0.239 e. The molecule has 4 nitrogen and oxygen atoms in total. The largest absolute Gasteiger partial charge is 0.383 e. The molecule has 4 heteroatoms. The van der Waals surface area contributed by atoms with Gasteiger partial charge >= 0.3 is 0 Å². The molecule has 1 aromatic carbocycles. The number of methoxy groups -OCH3 is 1. The van der Waals surface area contributed by atoms with Crippen LogP contribution in [0.4, 0.5) is 0 Å². The van der Waals surface area contributed by atoms with Gasteiger partial charge < -0.3 is 15.8 Å². The van der Waals surface area contributed by atoms with Crippen LogP contribution in [0.5, 0.6) is 0 Å². The van der Waals surface area contributed by atoms with Crippen LogP contribution in [0.3, 0.4) is 0 Å². The molecule has 0 saturated heterocycles. The van der Waals surface area contributed by atoms with Gasteiger partial charge in [-0.1, -0.05) is 24.3 Å². The van der Waals surface area contributed by atoms with Gasteiger partial charge in [0.1, 0.15) is 6.04 Å². The van der Waals surface area contributed by atoms with Crippen molar-refractivity contribution in [3.8, 4) is 0 Å². The maximum atomic E-state index is 11.5. The van der Waals surface area contributed by atoms with E-state index in [9.17, 15) is 4.79 Å². The Morgan fingerprint density at radius 3 is 2.82 bits per heavy atom. The third-order valence-electron chi connectivity index (χ3n) is 2.64. The van der Waals surface area contributed by atoms with E-state index >= 15 is 0 Å². The van der Waals surface area contributed by atoms with Crippen molar-refractivity contribution in [2.45, 2.75) is 19.4 Å². The Bertz CT molecular complexity index is 366. The molecule has 1 amide bonds. The highest BCUT2D eigenvalue weighted by molar-refractivity contribution is 5.81. The number of nitrogens with one attached hydrogen (secondary N) is 1. The van der Waals surface area contributed by atoms with Gasteiger partial charge in [0.15, 0.2) is 0 Å². The van der Waals surface area contributed by atoms with E-state index in [0.29, 0.717) is 6.54 Å². The highest BCUT2D eigenvalue weighted by Gasteiger charge is 2.11. The molecule has 0 saturated carbocycles. The Labute approximate surface area is 102 Å². The summed E-state index contributed by atoms with van der Waals surface area (Å²) in [5, 5.41) is 2.80. The van der Waals surface area contributed by atoms with Crippen LogP contribution in [0.15, 0.2) is 24.3 Å². The molecule has 0 aliphatic rings. The van der Waals surface area contributed by atoms with Crippen LogP contribution in [0.2, 0.25) is 0 Å². The number of aryl methyl sites for hydroxylation is 1. The van der Waals surface area contributed by atoms with Crippen molar-refractivity contribution in [3.05, 3.63) is 35.4 Å². The third-order valence-corrected chi connectivity index (χ3v) is 2.64. The molecule has 1 unspecified atom stereocenters. The lowest BCUT2D eigenvalue weighted by Gasteiger charge is -2.11. The number of ether oxygens (including phenoxy) is 1. The van der Waals surface area contributed by atoms with Gasteiger partial charge in [-0.3, -0.25) is 4.79 Å². The Morgan fingerprint density at radius 1 is 1.47 bits per heavy atom. The molecule has 94 valence electrons. The van der Waals surface area contributed by atoms with Gasteiger partial charge in [0.25, 0.3) is 0 Å². The topological polar surface area (TPSA) is 64.3 Å². The first-order valence-electron chi connectivity index (χ1n) is 5.72. The van der Waals surface area contributed by atoms with Crippen LogP contribution in [-0.4, -0.2) is 32.2 Å². The van der Waals surface area contributed by atoms with Crippen molar-refractivity contribution in [1.29, 1.82) is 0 Å². The SMILES string of the molecule is COCC(N)C(=O)NCCc1ccccc1C. The predicted molar refractivity (Wildman–Crippen MR) is 67.7 cm³/mol. The first-order chi connectivity index (χ1) is 8.15. The van der Waals surface area contributed by atoms with E-state index < -0.39 is 6.04 Å². The van der Waals surface area contributed by atoms with Gasteiger partial charge in [0.05, 0.1) is 6.61 Å². The van der Waals surface area contributed by atoms with Crippen LogP contribution < -0.4 is 11.1 Å². The Balaban J connectivity index is 2.33. The first kappa shape index (κ1) is 13.7. The van der Waals surface area contributed by atoms with Crippen molar-refractivity contribution >= 4 is 5.91 Å². The molecule has 0 aliphatic carbocycles. The monoisotopic (exact) mass is 236 g/mol. The number of hydrogen-bond acceptors (Lipinski definition) is 3. The fraction of sp³-hybridized carbons (Fsp3) is 0.462. The standard InChI is InChI=1S/C13H20N2O2/c1-10-5-3-4-6-11(10)7-8-15-13(16)12(14)9-17-2/h3-6,12H,7-9,14H2,1-2H3,(H,15,16). The summed E-state index contributed by atoms with van der Waals surface area (Å²) in [6, 6.07) is 7.55. The zero-order valence-corrected chi connectivity index (χ0v) is 10.4. The Morgan fingerprint density at radius 2 is 2.18 bits per heavy atom. The number of carbonyl (C=O) groups is 1. The highest BCUT2D eigenvalue weighted by Crippen LogP contribution is 2.06. The van der Waals surface area contributed by atoms with Gasteiger partial charge in [0.2, 0.25) is 5.91 Å². The highest BCUT2D eigenvalue weighted by atomic mass is 16.5. The lowest BCUT2D eigenvalue weighted by atomic mass is 10.1. The molecule has 1 aromatic rings. The average Bonchev–Trinajstić information content (AvgIpc) is 2.31. The predicted octanol–water partition coefficient (Wildman–Crippen LogP) is 0.627. The molecule has 0 spiro atoms. The van der Waals surface area contributed by atoms with E-state index in [2.05, 4.69) is 24.4 Å². The third kappa shape index (κ3) is 4.54. The molecule has 0 fully saturated rings. The summed E-state index contributed by atoms with van der Waals surface area (Å²) in [7, 11) is 1.53. The van der Waals surface area contributed by atoms with Crippen LogP contribution in [-0.2, 0) is 16.0 Å². The zero-order valence-electron chi connectivity index (χ0n) is 10.4. The van der Waals surface area contributed by atoms with Gasteiger partial charge in [-0.15, -0.1) is 0 Å². The quantitative estimate of drug-likeness (QED) is 0.761. The Hall–Kier alpha value is -1.39. The number of carbonyl (C=O) groups excluding carboxylic acids is 1. The molecular formula is C13H20N2O2. The number of amides is 1. The zero-order chi connectivity index (χ0) is 12.7. The summed E-state index contributed by atoms with van der Waals surface area (Å²) in [5.41, 5.74) is 8.08. The lowest BCUT2D eigenvalue weighted by molar-refractivity contribution is -0.123. The van der Waals surface area contributed by atoms with Crippen LogP contribution in [0.25, 0.3) is 0 Å². The molecule has 0 aliphatic heterocycles. The van der Waals surface area contributed by atoms with E-state index in [1.54, 1.807) is 0 Å². The van der Waals surface area contributed by atoms with Gasteiger partial charge in [-0.05, 0) is 24.5 Å². The first-order valence-corrected chi connectivity index (χ1v) is 5.72.